The standard InChI is InChI=1S/C18H20N4O2S/c1-11-6-8-25-17(11)13-5-7-22(10-16(13)23)18(24)12-3-4-15-14(9-12)19-20-21(15)2/h3-4,6,8-9,13,16,23H,5,7,10H2,1-2H3/t13-,16-/m0/s1. The lowest BCUT2D eigenvalue weighted by molar-refractivity contribution is 0.0387. The highest BCUT2D eigenvalue weighted by Gasteiger charge is 2.33. The van der Waals surface area contributed by atoms with Crippen molar-refractivity contribution < 1.29 is 9.90 Å². The molecule has 0 spiro atoms. The van der Waals surface area contributed by atoms with Gasteiger partial charge in [-0.25, -0.2) is 4.68 Å². The first-order chi connectivity index (χ1) is 12.0. The molecule has 0 radical (unpaired) electrons. The molecule has 0 saturated carbocycles. The van der Waals surface area contributed by atoms with Crippen molar-refractivity contribution in [3.8, 4) is 0 Å². The third-order valence-electron chi connectivity index (χ3n) is 4.97. The van der Waals surface area contributed by atoms with Gasteiger partial charge in [0.2, 0.25) is 0 Å². The molecule has 0 aliphatic carbocycles. The monoisotopic (exact) mass is 356 g/mol. The quantitative estimate of drug-likeness (QED) is 0.765. The van der Waals surface area contributed by atoms with Gasteiger partial charge in [-0.3, -0.25) is 4.79 Å². The Hall–Kier alpha value is -2.25. The summed E-state index contributed by atoms with van der Waals surface area (Å²) in [4.78, 5) is 15.8. The summed E-state index contributed by atoms with van der Waals surface area (Å²) in [5, 5.41) is 20.7. The van der Waals surface area contributed by atoms with Crippen molar-refractivity contribution in [3.05, 3.63) is 45.6 Å². The number of piperidine rings is 1. The molecule has 6 nitrogen and oxygen atoms in total. The molecule has 0 unspecified atom stereocenters. The smallest absolute Gasteiger partial charge is 0.254 e. The minimum Gasteiger partial charge on any atom is -0.391 e. The zero-order valence-corrected chi connectivity index (χ0v) is 15.0. The number of likely N-dealkylation sites (tertiary alicyclic amines) is 1. The summed E-state index contributed by atoms with van der Waals surface area (Å²) in [5.41, 5.74) is 3.41. The van der Waals surface area contributed by atoms with Gasteiger partial charge in [-0.15, -0.1) is 16.4 Å². The number of aliphatic hydroxyl groups excluding tert-OH is 1. The zero-order valence-electron chi connectivity index (χ0n) is 14.2. The van der Waals surface area contributed by atoms with E-state index in [1.807, 2.05) is 13.1 Å². The van der Waals surface area contributed by atoms with Crippen LogP contribution >= 0.6 is 11.3 Å². The Morgan fingerprint density at radius 3 is 2.92 bits per heavy atom. The van der Waals surface area contributed by atoms with E-state index in [2.05, 4.69) is 28.7 Å². The van der Waals surface area contributed by atoms with Crippen molar-refractivity contribution in [1.29, 1.82) is 0 Å². The molecule has 1 aromatic carbocycles. The van der Waals surface area contributed by atoms with E-state index in [1.54, 1.807) is 33.1 Å². The van der Waals surface area contributed by atoms with Gasteiger partial charge in [-0.2, -0.15) is 0 Å². The number of thiophene rings is 1. The molecular weight excluding hydrogens is 336 g/mol. The van der Waals surface area contributed by atoms with Gasteiger partial charge in [0.1, 0.15) is 5.52 Å². The number of nitrogens with zero attached hydrogens (tertiary/aromatic N) is 4. The van der Waals surface area contributed by atoms with E-state index in [0.29, 0.717) is 24.2 Å². The van der Waals surface area contributed by atoms with Crippen molar-refractivity contribution >= 4 is 28.3 Å². The molecule has 3 heterocycles. The van der Waals surface area contributed by atoms with Crippen LogP contribution in [-0.4, -0.2) is 50.1 Å². The van der Waals surface area contributed by atoms with E-state index >= 15 is 0 Å². The summed E-state index contributed by atoms with van der Waals surface area (Å²) in [6.07, 6.45) is 0.247. The number of aliphatic hydroxyl groups is 1. The SMILES string of the molecule is Cc1ccsc1[C@H]1CCN(C(=O)c2ccc3c(c2)nnn3C)C[C@@H]1O. The molecule has 0 bridgehead atoms. The fourth-order valence-electron chi connectivity index (χ4n) is 3.54. The molecule has 1 aliphatic heterocycles. The van der Waals surface area contributed by atoms with Gasteiger partial charge in [0, 0.05) is 36.5 Å². The number of aryl methyl sites for hydroxylation is 2. The molecule has 7 heteroatoms. The number of carbonyl (C=O) groups is 1. The van der Waals surface area contributed by atoms with E-state index in [4.69, 9.17) is 0 Å². The molecule has 2 aromatic heterocycles. The maximum absolute atomic E-state index is 12.8. The molecule has 1 amide bonds. The highest BCUT2D eigenvalue weighted by Crippen LogP contribution is 2.34. The van der Waals surface area contributed by atoms with Crippen LogP contribution in [0.3, 0.4) is 0 Å². The van der Waals surface area contributed by atoms with Crippen LogP contribution in [0.15, 0.2) is 29.6 Å². The van der Waals surface area contributed by atoms with Gasteiger partial charge >= 0.3 is 0 Å². The van der Waals surface area contributed by atoms with E-state index in [1.165, 1.54) is 10.4 Å². The number of hydrogen-bond donors (Lipinski definition) is 1. The van der Waals surface area contributed by atoms with E-state index in [0.717, 1.165) is 11.9 Å². The van der Waals surface area contributed by atoms with Crippen LogP contribution in [0, 0.1) is 6.92 Å². The lowest BCUT2D eigenvalue weighted by Crippen LogP contribution is -2.45. The van der Waals surface area contributed by atoms with Crippen LogP contribution in [0.1, 0.15) is 33.1 Å². The summed E-state index contributed by atoms with van der Waals surface area (Å²) in [6, 6.07) is 7.52. The van der Waals surface area contributed by atoms with Crippen LogP contribution in [0.2, 0.25) is 0 Å². The summed E-state index contributed by atoms with van der Waals surface area (Å²) in [6.45, 7) is 3.09. The second kappa shape index (κ2) is 6.24. The number of rotatable bonds is 2. The third-order valence-corrected chi connectivity index (χ3v) is 6.12. The number of β-amino-alcohol motifs (C(OH)–C–C–N with tert-alkyl or cyclic N) is 1. The molecule has 1 saturated heterocycles. The van der Waals surface area contributed by atoms with Crippen molar-refractivity contribution in [2.24, 2.45) is 7.05 Å². The predicted octanol–water partition coefficient (Wildman–Crippen LogP) is 2.33. The maximum atomic E-state index is 12.8. The molecule has 1 fully saturated rings. The fourth-order valence-corrected chi connectivity index (χ4v) is 4.66. The molecular formula is C18H20N4O2S. The van der Waals surface area contributed by atoms with Gasteiger partial charge in [-0.1, -0.05) is 5.21 Å². The Morgan fingerprint density at radius 2 is 2.20 bits per heavy atom. The Balaban J connectivity index is 1.52. The van der Waals surface area contributed by atoms with E-state index in [-0.39, 0.29) is 11.8 Å². The number of benzene rings is 1. The average molecular weight is 356 g/mol. The van der Waals surface area contributed by atoms with Crippen molar-refractivity contribution in [2.75, 3.05) is 13.1 Å². The van der Waals surface area contributed by atoms with E-state index in [9.17, 15) is 9.90 Å². The minimum absolute atomic E-state index is 0.0621. The number of carbonyl (C=O) groups excluding carboxylic acids is 1. The van der Waals surface area contributed by atoms with Crippen LogP contribution in [0.5, 0.6) is 0 Å². The van der Waals surface area contributed by atoms with Crippen molar-refractivity contribution in [2.45, 2.75) is 25.4 Å². The first-order valence-electron chi connectivity index (χ1n) is 8.35. The van der Waals surface area contributed by atoms with Crippen LogP contribution < -0.4 is 0 Å². The maximum Gasteiger partial charge on any atom is 0.254 e. The van der Waals surface area contributed by atoms with Gasteiger partial charge in [0.05, 0.1) is 11.6 Å². The Morgan fingerprint density at radius 1 is 1.36 bits per heavy atom. The van der Waals surface area contributed by atoms with Crippen LogP contribution in [0.25, 0.3) is 11.0 Å². The molecule has 1 N–H and O–H groups in total. The molecule has 1 aliphatic rings. The molecule has 3 aromatic rings. The number of fused-ring (bicyclic) bond motifs is 1. The third kappa shape index (κ3) is 2.83. The first-order valence-corrected chi connectivity index (χ1v) is 9.23. The van der Waals surface area contributed by atoms with E-state index < -0.39 is 6.10 Å². The molecule has 25 heavy (non-hydrogen) atoms. The summed E-state index contributed by atoms with van der Waals surface area (Å²) >= 11 is 1.69. The molecule has 2 atom stereocenters. The van der Waals surface area contributed by atoms with Gasteiger partial charge in [0.25, 0.3) is 5.91 Å². The summed E-state index contributed by atoms with van der Waals surface area (Å²) in [7, 11) is 1.82. The first kappa shape index (κ1) is 16.2. The average Bonchev–Trinajstić information content (AvgIpc) is 3.20. The molecule has 130 valence electrons. The highest BCUT2D eigenvalue weighted by atomic mass is 32.1. The highest BCUT2D eigenvalue weighted by molar-refractivity contribution is 7.10. The second-order valence-corrected chi connectivity index (χ2v) is 7.55. The lowest BCUT2D eigenvalue weighted by atomic mass is 9.90. The second-order valence-electron chi connectivity index (χ2n) is 6.60. The van der Waals surface area contributed by atoms with Gasteiger partial charge in [-0.05, 0) is 48.6 Å². The van der Waals surface area contributed by atoms with Crippen LogP contribution in [-0.2, 0) is 7.05 Å². The van der Waals surface area contributed by atoms with Crippen molar-refractivity contribution in [1.82, 2.24) is 19.9 Å². The van der Waals surface area contributed by atoms with Crippen molar-refractivity contribution in [3.63, 3.8) is 0 Å². The van der Waals surface area contributed by atoms with Gasteiger partial charge < -0.3 is 10.0 Å². The largest absolute Gasteiger partial charge is 0.391 e. The Bertz CT molecular complexity index is 932. The number of amides is 1. The predicted molar refractivity (Wildman–Crippen MR) is 96.8 cm³/mol. The Labute approximate surface area is 149 Å². The summed E-state index contributed by atoms with van der Waals surface area (Å²) < 4.78 is 1.68. The van der Waals surface area contributed by atoms with Crippen LogP contribution in [0.4, 0.5) is 0 Å². The molecule has 4 rings (SSSR count). The summed E-state index contributed by atoms with van der Waals surface area (Å²) in [5.74, 6) is 0.0551. The Kier molecular flexibility index (Phi) is 4.05. The normalized spacial score (nSPS) is 21.0. The number of aromatic nitrogens is 3. The fraction of sp³-hybridized carbons (Fsp3) is 0.389. The number of hydrogen-bond acceptors (Lipinski definition) is 5. The topological polar surface area (TPSA) is 71.2 Å². The van der Waals surface area contributed by atoms with Gasteiger partial charge in [0.15, 0.2) is 0 Å². The minimum atomic E-state index is -0.532. The lowest BCUT2D eigenvalue weighted by Gasteiger charge is -2.36. The zero-order chi connectivity index (χ0) is 17.6.